The van der Waals surface area contributed by atoms with Crippen molar-refractivity contribution in [1.29, 1.82) is 0 Å². The van der Waals surface area contributed by atoms with E-state index < -0.39 is 30.6 Å². The van der Waals surface area contributed by atoms with Crippen molar-refractivity contribution in [2.75, 3.05) is 12.3 Å². The highest BCUT2D eigenvalue weighted by Crippen LogP contribution is 2.41. The molecule has 0 amide bonds. The van der Waals surface area contributed by atoms with Crippen LogP contribution in [0.3, 0.4) is 0 Å². The van der Waals surface area contributed by atoms with E-state index in [0.717, 1.165) is 0 Å². The van der Waals surface area contributed by atoms with E-state index in [2.05, 4.69) is 15.0 Å². The lowest BCUT2D eigenvalue weighted by Gasteiger charge is -2.17. The van der Waals surface area contributed by atoms with Gasteiger partial charge in [0.2, 0.25) is 5.95 Å². The van der Waals surface area contributed by atoms with Gasteiger partial charge in [-0.05, 0) is 12.1 Å². The molecule has 29 heavy (non-hydrogen) atoms. The summed E-state index contributed by atoms with van der Waals surface area (Å²) in [6.07, 6.45) is -2.53. The van der Waals surface area contributed by atoms with Crippen molar-refractivity contribution in [3.63, 3.8) is 0 Å². The Bertz CT molecular complexity index is 1130. The van der Waals surface area contributed by atoms with Gasteiger partial charge in [-0.1, -0.05) is 34.8 Å². The fraction of sp³-hybridized carbons (Fsp3) is 0.312. The van der Waals surface area contributed by atoms with Gasteiger partial charge in [-0.2, -0.15) is 9.97 Å². The van der Waals surface area contributed by atoms with Crippen molar-refractivity contribution < 1.29 is 19.7 Å². The lowest BCUT2D eigenvalue weighted by Crippen LogP contribution is -2.24. The molecule has 154 valence electrons. The molecule has 10 nitrogen and oxygen atoms in total. The number of halogens is 3. The smallest absolute Gasteiger partial charge is 0.306 e. The molecule has 3 aromatic rings. The van der Waals surface area contributed by atoms with Gasteiger partial charge >= 0.3 is 6.01 Å². The van der Waals surface area contributed by atoms with E-state index in [1.54, 1.807) is 0 Å². The summed E-state index contributed by atoms with van der Waals surface area (Å²) in [6.45, 7) is -0.397. The Morgan fingerprint density at radius 2 is 2.00 bits per heavy atom. The first-order valence-corrected chi connectivity index (χ1v) is 9.46. The second-order valence-electron chi connectivity index (χ2n) is 6.30. The highest BCUT2D eigenvalue weighted by atomic mass is 35.5. The van der Waals surface area contributed by atoms with Crippen molar-refractivity contribution in [3.8, 4) is 11.8 Å². The van der Waals surface area contributed by atoms with Crippen molar-refractivity contribution in [3.05, 3.63) is 37.6 Å². The maximum Gasteiger partial charge on any atom is 0.306 e. The van der Waals surface area contributed by atoms with Gasteiger partial charge in [-0.3, -0.25) is 14.3 Å². The summed E-state index contributed by atoms with van der Waals surface area (Å²) in [7, 11) is 0. The number of nitrogens with two attached hydrogens (primary N) is 1. The molecule has 0 aliphatic carbocycles. The SMILES string of the molecule is Nc1nc2c(nc(Oc3c(Cl)cc(Cl)cc3Cl)n2[C@H]2C[C@H](O)[C@@H](CO)O2)c(=O)[nH]1. The Balaban J connectivity index is 1.88. The minimum Gasteiger partial charge on any atom is -0.422 e. The van der Waals surface area contributed by atoms with Crippen LogP contribution in [0.25, 0.3) is 11.2 Å². The highest BCUT2D eigenvalue weighted by molar-refractivity contribution is 6.40. The van der Waals surface area contributed by atoms with E-state index in [4.69, 9.17) is 50.0 Å². The predicted octanol–water partition coefficient (Wildman–Crippen LogP) is 2.10. The molecule has 0 radical (unpaired) electrons. The van der Waals surface area contributed by atoms with Gasteiger partial charge in [0.1, 0.15) is 12.3 Å². The number of anilines is 1. The van der Waals surface area contributed by atoms with Gasteiger partial charge in [-0.25, -0.2) is 0 Å². The van der Waals surface area contributed by atoms with Crippen LogP contribution in [0.15, 0.2) is 16.9 Å². The van der Waals surface area contributed by atoms with Crippen LogP contribution in [0.2, 0.25) is 15.1 Å². The van der Waals surface area contributed by atoms with E-state index in [1.165, 1.54) is 16.7 Å². The van der Waals surface area contributed by atoms with Crippen LogP contribution >= 0.6 is 34.8 Å². The molecule has 1 saturated heterocycles. The van der Waals surface area contributed by atoms with Gasteiger partial charge in [0.15, 0.2) is 16.9 Å². The minimum atomic E-state index is -0.947. The van der Waals surface area contributed by atoms with E-state index in [-0.39, 0.29) is 45.3 Å². The van der Waals surface area contributed by atoms with Crippen LogP contribution in [0.5, 0.6) is 11.8 Å². The van der Waals surface area contributed by atoms with Gasteiger partial charge in [0.25, 0.3) is 5.56 Å². The van der Waals surface area contributed by atoms with E-state index >= 15 is 0 Å². The summed E-state index contributed by atoms with van der Waals surface area (Å²) in [5.74, 6) is -0.0917. The molecule has 4 rings (SSSR count). The zero-order valence-corrected chi connectivity index (χ0v) is 16.7. The molecular formula is C16H14Cl3N5O5. The van der Waals surface area contributed by atoms with E-state index in [9.17, 15) is 15.0 Å². The summed E-state index contributed by atoms with van der Waals surface area (Å²) >= 11 is 18.3. The molecule has 1 fully saturated rings. The number of hydrogen-bond acceptors (Lipinski definition) is 8. The maximum absolute atomic E-state index is 12.3. The molecule has 3 atom stereocenters. The third kappa shape index (κ3) is 3.63. The molecule has 1 aromatic carbocycles. The normalized spacial score (nSPS) is 21.8. The molecule has 1 aliphatic heterocycles. The standard InChI is InChI=1S/C16H14Cl3N5O5/c17-5-1-6(18)12(7(19)2-5)29-16-21-11-13(22-15(20)23-14(11)27)24(16)10-3-8(26)9(4-25)28-10/h1-2,8-10,25-26H,3-4H2,(H3,20,22,23,27)/t8-,9+,10+/m0/s1. The number of hydrogen-bond donors (Lipinski definition) is 4. The molecule has 0 spiro atoms. The summed E-state index contributed by atoms with van der Waals surface area (Å²) in [6, 6.07) is 2.74. The fourth-order valence-corrected chi connectivity index (χ4v) is 3.96. The lowest BCUT2D eigenvalue weighted by molar-refractivity contribution is -0.0447. The van der Waals surface area contributed by atoms with Crippen LogP contribution in [-0.4, -0.2) is 48.5 Å². The molecule has 0 saturated carbocycles. The third-order valence-electron chi connectivity index (χ3n) is 4.37. The number of nitrogens with one attached hydrogen (secondary N) is 1. The van der Waals surface area contributed by atoms with Crippen LogP contribution in [0.4, 0.5) is 5.95 Å². The second-order valence-corrected chi connectivity index (χ2v) is 7.55. The fourth-order valence-electron chi connectivity index (χ4n) is 3.07. The molecule has 2 aromatic heterocycles. The van der Waals surface area contributed by atoms with Gasteiger partial charge in [0, 0.05) is 11.4 Å². The Kier molecular flexibility index (Phi) is 5.32. The zero-order chi connectivity index (χ0) is 20.9. The number of benzene rings is 1. The number of aliphatic hydroxyl groups excluding tert-OH is 2. The third-order valence-corrected chi connectivity index (χ3v) is 5.14. The summed E-state index contributed by atoms with van der Waals surface area (Å²) in [5.41, 5.74) is 5.07. The van der Waals surface area contributed by atoms with Gasteiger partial charge in [0.05, 0.1) is 22.8 Å². The molecule has 13 heteroatoms. The van der Waals surface area contributed by atoms with E-state index in [1.807, 2.05) is 0 Å². The first-order chi connectivity index (χ1) is 13.8. The number of aliphatic hydroxyl groups is 2. The van der Waals surface area contributed by atoms with Crippen LogP contribution in [0, 0.1) is 0 Å². The average Bonchev–Trinajstić information content (AvgIpc) is 3.17. The second kappa shape index (κ2) is 7.63. The summed E-state index contributed by atoms with van der Waals surface area (Å²) in [5, 5.41) is 20.0. The monoisotopic (exact) mass is 461 g/mol. The lowest BCUT2D eigenvalue weighted by atomic mass is 10.2. The number of ether oxygens (including phenoxy) is 2. The minimum absolute atomic E-state index is 0.0518. The predicted molar refractivity (Wildman–Crippen MR) is 106 cm³/mol. The molecule has 0 bridgehead atoms. The Labute approximate surface area is 177 Å². The first kappa shape index (κ1) is 20.2. The van der Waals surface area contributed by atoms with Crippen molar-refractivity contribution in [2.24, 2.45) is 0 Å². The van der Waals surface area contributed by atoms with Crippen molar-refractivity contribution >= 4 is 51.9 Å². The quantitative estimate of drug-likeness (QED) is 0.460. The number of fused-ring (bicyclic) bond motifs is 1. The number of aromatic amines is 1. The number of aromatic nitrogens is 4. The number of H-pyrrole nitrogens is 1. The largest absolute Gasteiger partial charge is 0.422 e. The molecular weight excluding hydrogens is 449 g/mol. The molecule has 3 heterocycles. The van der Waals surface area contributed by atoms with Gasteiger partial charge < -0.3 is 25.4 Å². The Morgan fingerprint density at radius 1 is 1.31 bits per heavy atom. The Morgan fingerprint density at radius 3 is 2.62 bits per heavy atom. The topological polar surface area (TPSA) is 149 Å². The van der Waals surface area contributed by atoms with Gasteiger partial charge in [-0.15, -0.1) is 0 Å². The van der Waals surface area contributed by atoms with Crippen LogP contribution in [-0.2, 0) is 4.74 Å². The highest BCUT2D eigenvalue weighted by Gasteiger charge is 2.37. The first-order valence-electron chi connectivity index (χ1n) is 8.33. The van der Waals surface area contributed by atoms with Crippen LogP contribution in [0.1, 0.15) is 12.6 Å². The zero-order valence-electron chi connectivity index (χ0n) is 14.5. The number of nitrogen functional groups attached to an aromatic ring is 1. The number of rotatable bonds is 4. The molecule has 0 unspecified atom stereocenters. The molecule has 5 N–H and O–H groups in total. The maximum atomic E-state index is 12.3. The summed E-state index contributed by atoms with van der Waals surface area (Å²) in [4.78, 5) is 22.9. The van der Waals surface area contributed by atoms with Crippen LogP contribution < -0.4 is 16.0 Å². The number of nitrogens with zero attached hydrogens (tertiary/aromatic N) is 3. The summed E-state index contributed by atoms with van der Waals surface area (Å²) < 4.78 is 12.8. The molecule has 1 aliphatic rings. The Hall–Kier alpha value is -2.08. The van der Waals surface area contributed by atoms with Crippen molar-refractivity contribution in [2.45, 2.75) is 24.9 Å². The van der Waals surface area contributed by atoms with Crippen molar-refractivity contribution in [1.82, 2.24) is 19.5 Å². The van der Waals surface area contributed by atoms with E-state index in [0.29, 0.717) is 5.02 Å². The number of imidazole rings is 1. The average molecular weight is 463 g/mol.